The predicted molar refractivity (Wildman–Crippen MR) is 113 cm³/mol. The molecule has 1 fully saturated rings. The first-order valence-electron chi connectivity index (χ1n) is 9.41. The maximum Gasteiger partial charge on any atom is 0.191 e. The molecule has 0 bridgehead atoms. The Kier molecular flexibility index (Phi) is 10.3. The first kappa shape index (κ1) is 21.7. The molecule has 0 aromatic carbocycles. The molecule has 140 valence electrons. The van der Waals surface area contributed by atoms with E-state index in [9.17, 15) is 0 Å². The van der Waals surface area contributed by atoms with Gasteiger partial charge in [0.15, 0.2) is 5.96 Å². The van der Waals surface area contributed by atoms with E-state index in [1.54, 1.807) is 0 Å². The second-order valence-electron chi connectivity index (χ2n) is 7.51. The van der Waals surface area contributed by atoms with Crippen molar-refractivity contribution < 1.29 is 4.74 Å². The van der Waals surface area contributed by atoms with E-state index in [2.05, 4.69) is 37.5 Å². The minimum atomic E-state index is 0. The summed E-state index contributed by atoms with van der Waals surface area (Å²) in [4.78, 5) is 4.89. The normalized spacial score (nSPS) is 20.0. The molecular weight excluding hydrogens is 413 g/mol. The van der Waals surface area contributed by atoms with Crippen LogP contribution in [0, 0.1) is 11.3 Å². The van der Waals surface area contributed by atoms with Crippen LogP contribution in [0.2, 0.25) is 0 Å². The van der Waals surface area contributed by atoms with Gasteiger partial charge in [-0.25, -0.2) is 0 Å². The highest BCUT2D eigenvalue weighted by molar-refractivity contribution is 14.0. The van der Waals surface area contributed by atoms with Gasteiger partial charge in [0.2, 0.25) is 0 Å². The fraction of sp³-hybridized carbons (Fsp3) is 0.842. The number of hydrogen-bond donors (Lipinski definition) is 2. The van der Waals surface area contributed by atoms with Crippen molar-refractivity contribution in [2.75, 3.05) is 32.8 Å². The molecule has 0 saturated heterocycles. The average molecular weight is 449 g/mol. The molecule has 2 aliphatic rings. The quantitative estimate of drug-likeness (QED) is 0.254. The van der Waals surface area contributed by atoms with Crippen LogP contribution in [0.3, 0.4) is 0 Å². The molecule has 2 rings (SSSR count). The van der Waals surface area contributed by atoms with E-state index in [4.69, 9.17) is 9.73 Å². The fourth-order valence-electron chi connectivity index (χ4n) is 3.69. The van der Waals surface area contributed by atoms with Crippen LogP contribution in [0.1, 0.15) is 59.3 Å². The molecule has 1 aliphatic carbocycles. The van der Waals surface area contributed by atoms with Crippen LogP contribution >= 0.6 is 24.0 Å². The summed E-state index contributed by atoms with van der Waals surface area (Å²) < 4.78 is 5.36. The Morgan fingerprint density at radius 1 is 1.33 bits per heavy atom. The highest BCUT2D eigenvalue weighted by atomic mass is 127. The molecule has 24 heavy (non-hydrogen) atoms. The van der Waals surface area contributed by atoms with E-state index < -0.39 is 0 Å². The van der Waals surface area contributed by atoms with E-state index in [1.807, 2.05) is 0 Å². The zero-order chi connectivity index (χ0) is 16.5. The molecule has 0 aromatic heterocycles. The first-order valence-corrected chi connectivity index (χ1v) is 9.41. The van der Waals surface area contributed by atoms with Crippen molar-refractivity contribution in [2.45, 2.75) is 59.3 Å². The Morgan fingerprint density at radius 2 is 2.12 bits per heavy atom. The molecule has 0 unspecified atom stereocenters. The predicted octanol–water partition coefficient (Wildman–Crippen LogP) is 4.11. The van der Waals surface area contributed by atoms with Crippen molar-refractivity contribution in [3.05, 3.63) is 11.6 Å². The highest BCUT2D eigenvalue weighted by Gasteiger charge is 2.37. The van der Waals surface area contributed by atoms with Crippen molar-refractivity contribution in [2.24, 2.45) is 16.3 Å². The number of aliphatic imine (C=N–C) groups is 1. The first-order chi connectivity index (χ1) is 11.1. The Balaban J connectivity index is 0.00000288. The van der Waals surface area contributed by atoms with Crippen molar-refractivity contribution in [3.63, 3.8) is 0 Å². The summed E-state index contributed by atoms with van der Waals surface area (Å²) in [6.45, 7) is 11.3. The Hall–Kier alpha value is -0.300. The van der Waals surface area contributed by atoms with Gasteiger partial charge in [-0.3, -0.25) is 4.99 Å². The summed E-state index contributed by atoms with van der Waals surface area (Å²) in [6, 6.07) is 0. The minimum absolute atomic E-state index is 0. The molecule has 0 spiro atoms. The second-order valence-corrected chi connectivity index (χ2v) is 7.51. The van der Waals surface area contributed by atoms with E-state index >= 15 is 0 Å². The van der Waals surface area contributed by atoms with E-state index in [0.29, 0.717) is 5.41 Å². The van der Waals surface area contributed by atoms with Crippen molar-refractivity contribution in [1.82, 2.24) is 10.6 Å². The second kappa shape index (κ2) is 11.3. The number of nitrogens with zero attached hydrogens (tertiary/aromatic N) is 1. The molecular formula is C19H36IN3O. The van der Waals surface area contributed by atoms with Gasteiger partial charge in [-0.1, -0.05) is 31.9 Å². The van der Waals surface area contributed by atoms with Crippen molar-refractivity contribution >= 4 is 29.9 Å². The molecule has 1 saturated carbocycles. The zero-order valence-electron chi connectivity index (χ0n) is 15.7. The lowest BCUT2D eigenvalue weighted by Crippen LogP contribution is -2.40. The van der Waals surface area contributed by atoms with E-state index in [1.165, 1.54) is 31.3 Å². The van der Waals surface area contributed by atoms with Crippen LogP contribution in [-0.4, -0.2) is 38.8 Å². The van der Waals surface area contributed by atoms with E-state index in [-0.39, 0.29) is 24.0 Å². The topological polar surface area (TPSA) is 45.7 Å². The van der Waals surface area contributed by atoms with Gasteiger partial charge in [-0.15, -0.1) is 24.0 Å². The summed E-state index contributed by atoms with van der Waals surface area (Å²) in [6.07, 6.45) is 9.77. The highest BCUT2D eigenvalue weighted by Crippen LogP contribution is 2.46. The third-order valence-corrected chi connectivity index (χ3v) is 4.97. The molecule has 0 radical (unpaired) electrons. The molecule has 0 amide bonds. The molecule has 1 aliphatic heterocycles. The molecule has 0 atom stereocenters. The third-order valence-electron chi connectivity index (χ3n) is 4.97. The van der Waals surface area contributed by atoms with Gasteiger partial charge in [-0.2, -0.15) is 0 Å². The number of nitrogens with one attached hydrogen (secondary N) is 2. The standard InChI is InChI=1S/C19H35N3O.HI/c1-4-20-18(21-11-6-17-7-12-23-13-8-17)22-15-19(9-5-10-19)14-16(2)3;/h7,16H,4-6,8-15H2,1-3H3,(H2,20,21,22);1H. The number of hydrogen-bond acceptors (Lipinski definition) is 2. The monoisotopic (exact) mass is 449 g/mol. The van der Waals surface area contributed by atoms with Gasteiger partial charge in [0, 0.05) is 19.6 Å². The number of halogens is 1. The van der Waals surface area contributed by atoms with Crippen molar-refractivity contribution in [3.8, 4) is 0 Å². The van der Waals surface area contributed by atoms with Crippen LogP contribution in [0.5, 0.6) is 0 Å². The lowest BCUT2D eigenvalue weighted by Gasteiger charge is -2.42. The summed E-state index contributed by atoms with van der Waals surface area (Å²) in [7, 11) is 0. The molecule has 4 nitrogen and oxygen atoms in total. The Labute approximate surface area is 165 Å². The molecule has 0 aromatic rings. The largest absolute Gasteiger partial charge is 0.377 e. The van der Waals surface area contributed by atoms with Crippen LogP contribution in [-0.2, 0) is 4.74 Å². The summed E-state index contributed by atoms with van der Waals surface area (Å²) >= 11 is 0. The Morgan fingerprint density at radius 3 is 2.67 bits per heavy atom. The van der Waals surface area contributed by atoms with Crippen LogP contribution < -0.4 is 10.6 Å². The van der Waals surface area contributed by atoms with Gasteiger partial charge < -0.3 is 15.4 Å². The van der Waals surface area contributed by atoms with E-state index in [0.717, 1.165) is 57.6 Å². The number of rotatable bonds is 8. The van der Waals surface area contributed by atoms with Crippen LogP contribution in [0.25, 0.3) is 0 Å². The smallest absolute Gasteiger partial charge is 0.191 e. The summed E-state index contributed by atoms with van der Waals surface area (Å²) in [5.41, 5.74) is 1.98. The molecule has 1 heterocycles. The van der Waals surface area contributed by atoms with Gasteiger partial charge in [-0.05, 0) is 50.4 Å². The van der Waals surface area contributed by atoms with Gasteiger partial charge >= 0.3 is 0 Å². The van der Waals surface area contributed by atoms with Gasteiger partial charge in [0.1, 0.15) is 0 Å². The SMILES string of the molecule is CCNC(=NCC1(CC(C)C)CCC1)NCCC1=CCOCC1.I. The minimum Gasteiger partial charge on any atom is -0.377 e. The zero-order valence-corrected chi connectivity index (χ0v) is 18.0. The molecule has 2 N–H and O–H groups in total. The lowest BCUT2D eigenvalue weighted by atomic mass is 9.64. The maximum absolute atomic E-state index is 5.36. The lowest BCUT2D eigenvalue weighted by molar-refractivity contribution is 0.111. The number of guanidine groups is 1. The van der Waals surface area contributed by atoms with Crippen LogP contribution in [0.4, 0.5) is 0 Å². The molecule has 5 heteroatoms. The fourth-order valence-corrected chi connectivity index (χ4v) is 3.69. The van der Waals surface area contributed by atoms with Gasteiger partial charge in [0.05, 0.1) is 13.2 Å². The number of ether oxygens (including phenoxy) is 1. The van der Waals surface area contributed by atoms with Crippen molar-refractivity contribution in [1.29, 1.82) is 0 Å². The third kappa shape index (κ3) is 7.30. The summed E-state index contributed by atoms with van der Waals surface area (Å²) in [5.74, 6) is 1.75. The average Bonchev–Trinajstić information content (AvgIpc) is 2.50. The summed E-state index contributed by atoms with van der Waals surface area (Å²) in [5, 5.41) is 6.89. The Bertz CT molecular complexity index is 417. The van der Waals surface area contributed by atoms with Gasteiger partial charge in [0.25, 0.3) is 0 Å². The maximum atomic E-state index is 5.36. The van der Waals surface area contributed by atoms with Crippen LogP contribution in [0.15, 0.2) is 16.6 Å².